The van der Waals surface area contributed by atoms with E-state index in [1.54, 1.807) is 6.92 Å². The Balaban J connectivity index is 2.28. The molecule has 0 aromatic rings. The lowest BCUT2D eigenvalue weighted by Gasteiger charge is -2.46. The number of ether oxygens (including phenoxy) is 1. The second-order valence-electron chi connectivity index (χ2n) is 5.10. The number of piperidine rings is 1. The highest BCUT2D eigenvalue weighted by Gasteiger charge is 2.47. The third-order valence-electron chi connectivity index (χ3n) is 3.96. The Morgan fingerprint density at radius 1 is 1.59 bits per heavy atom. The summed E-state index contributed by atoms with van der Waals surface area (Å²) in [7, 11) is 2.01. The van der Waals surface area contributed by atoms with Crippen molar-refractivity contribution in [3.05, 3.63) is 0 Å². The molecule has 0 amide bonds. The van der Waals surface area contributed by atoms with Gasteiger partial charge in [0.1, 0.15) is 5.78 Å². The zero-order valence-corrected chi connectivity index (χ0v) is 10.5. The molecule has 0 aromatic heterocycles. The quantitative estimate of drug-likeness (QED) is 0.328. The number of carbonyl (C=O) groups excluding carboxylic acids is 1. The largest absolute Gasteiger partial charge is 0.456 e. The van der Waals surface area contributed by atoms with Crippen molar-refractivity contribution in [1.82, 2.24) is 4.90 Å². The topological polar surface area (TPSA) is 62.1 Å². The lowest BCUT2D eigenvalue weighted by Crippen LogP contribution is -2.58. The number of carbonyl (C=O) groups is 1. The van der Waals surface area contributed by atoms with Gasteiger partial charge in [-0.15, -0.1) is 0 Å². The Labute approximate surface area is 101 Å². The molecule has 1 N–H and O–H groups in total. The molecule has 5 nitrogen and oxygen atoms in total. The standard InChI is InChI=1S/C12H20N2O3/c1-9(13-16)17-12-6-4-3-5-10(14(12)2)7-11(15)8-12/h10,16H,3-8H2,1-2H3. The van der Waals surface area contributed by atoms with Gasteiger partial charge in [-0.3, -0.25) is 9.69 Å². The Morgan fingerprint density at radius 3 is 3.06 bits per heavy atom. The molecule has 5 heteroatoms. The molecule has 0 aliphatic carbocycles. The first-order valence-corrected chi connectivity index (χ1v) is 6.20. The molecule has 2 aliphatic rings. The molecule has 2 unspecified atom stereocenters. The molecule has 0 radical (unpaired) electrons. The summed E-state index contributed by atoms with van der Waals surface area (Å²) in [4.78, 5) is 14.0. The van der Waals surface area contributed by atoms with Crippen LogP contribution in [-0.2, 0) is 9.53 Å². The molecule has 2 bridgehead atoms. The highest BCUT2D eigenvalue weighted by atomic mass is 16.6. The fourth-order valence-electron chi connectivity index (χ4n) is 3.03. The van der Waals surface area contributed by atoms with Crippen molar-refractivity contribution in [2.45, 2.75) is 57.2 Å². The van der Waals surface area contributed by atoms with Crippen molar-refractivity contribution in [3.8, 4) is 0 Å². The summed E-state index contributed by atoms with van der Waals surface area (Å²) in [5, 5.41) is 11.8. The summed E-state index contributed by atoms with van der Waals surface area (Å²) in [5.74, 6) is 0.480. The molecular weight excluding hydrogens is 220 g/mol. The Morgan fingerprint density at radius 2 is 2.35 bits per heavy atom. The second-order valence-corrected chi connectivity index (χ2v) is 5.10. The van der Waals surface area contributed by atoms with Gasteiger partial charge in [0.15, 0.2) is 5.72 Å². The first kappa shape index (κ1) is 12.4. The molecule has 2 saturated heterocycles. The van der Waals surface area contributed by atoms with Gasteiger partial charge in [0.25, 0.3) is 0 Å². The number of ketones is 1. The minimum absolute atomic E-state index is 0.229. The van der Waals surface area contributed by atoms with E-state index < -0.39 is 5.72 Å². The van der Waals surface area contributed by atoms with E-state index in [-0.39, 0.29) is 17.7 Å². The third kappa shape index (κ3) is 2.29. The molecule has 2 aliphatic heterocycles. The van der Waals surface area contributed by atoms with Crippen LogP contribution in [0.2, 0.25) is 0 Å². The maximum atomic E-state index is 11.8. The summed E-state index contributed by atoms with van der Waals surface area (Å²) in [6.45, 7) is 1.61. The normalized spacial score (nSPS) is 35.5. The highest BCUT2D eigenvalue weighted by molar-refractivity contribution is 5.82. The summed E-state index contributed by atoms with van der Waals surface area (Å²) < 4.78 is 5.77. The van der Waals surface area contributed by atoms with Crippen molar-refractivity contribution in [2.75, 3.05) is 7.05 Å². The Hall–Kier alpha value is -1.10. The SMILES string of the molecule is CC(=NO)OC12CCCCC(CC(=O)C1)N2C. The molecule has 2 heterocycles. The summed E-state index contributed by atoms with van der Waals surface area (Å²) >= 11 is 0. The molecule has 0 saturated carbocycles. The molecule has 96 valence electrons. The first-order chi connectivity index (χ1) is 8.07. The van der Waals surface area contributed by atoms with Gasteiger partial charge in [-0.1, -0.05) is 11.6 Å². The van der Waals surface area contributed by atoms with E-state index in [2.05, 4.69) is 10.1 Å². The lowest BCUT2D eigenvalue weighted by atomic mass is 9.90. The molecule has 0 aromatic carbocycles. The van der Waals surface area contributed by atoms with Gasteiger partial charge in [0.2, 0.25) is 5.90 Å². The van der Waals surface area contributed by atoms with Crippen LogP contribution in [0.25, 0.3) is 0 Å². The number of hydrogen-bond donors (Lipinski definition) is 1. The lowest BCUT2D eigenvalue weighted by molar-refractivity contribution is -0.155. The molecule has 2 rings (SSSR count). The average molecular weight is 240 g/mol. The van der Waals surface area contributed by atoms with Crippen LogP contribution in [0.3, 0.4) is 0 Å². The second kappa shape index (κ2) is 4.64. The molecule has 2 fully saturated rings. The van der Waals surface area contributed by atoms with Gasteiger partial charge >= 0.3 is 0 Å². The van der Waals surface area contributed by atoms with Crippen molar-refractivity contribution in [2.24, 2.45) is 5.16 Å². The van der Waals surface area contributed by atoms with E-state index in [0.29, 0.717) is 12.8 Å². The van der Waals surface area contributed by atoms with Crippen LogP contribution in [0, 0.1) is 0 Å². The van der Waals surface area contributed by atoms with E-state index in [0.717, 1.165) is 25.7 Å². The van der Waals surface area contributed by atoms with Gasteiger partial charge < -0.3 is 9.94 Å². The maximum Gasteiger partial charge on any atom is 0.224 e. The van der Waals surface area contributed by atoms with Crippen LogP contribution in [0.1, 0.15) is 45.4 Å². The molecule has 17 heavy (non-hydrogen) atoms. The highest BCUT2D eigenvalue weighted by Crippen LogP contribution is 2.39. The van der Waals surface area contributed by atoms with Gasteiger partial charge in [-0.25, -0.2) is 0 Å². The summed E-state index contributed by atoms with van der Waals surface area (Å²) in [6, 6.07) is 0.269. The predicted octanol–water partition coefficient (Wildman–Crippen LogP) is 1.74. The number of Topliss-reactive ketones (excluding diaryl/α,β-unsaturated/α-hetero) is 1. The minimum atomic E-state index is -0.590. The van der Waals surface area contributed by atoms with Crippen molar-refractivity contribution < 1.29 is 14.7 Å². The van der Waals surface area contributed by atoms with Crippen LogP contribution in [0.4, 0.5) is 0 Å². The van der Waals surface area contributed by atoms with Crippen LogP contribution >= 0.6 is 0 Å². The van der Waals surface area contributed by atoms with Crippen LogP contribution in [0.5, 0.6) is 0 Å². The Bertz CT molecular complexity index is 343. The molecule has 0 spiro atoms. The fourth-order valence-corrected chi connectivity index (χ4v) is 3.03. The van der Waals surface area contributed by atoms with E-state index in [1.165, 1.54) is 0 Å². The molecular formula is C12H20N2O3. The maximum absolute atomic E-state index is 11.8. The summed E-state index contributed by atoms with van der Waals surface area (Å²) in [6.07, 6.45) is 5.06. The monoisotopic (exact) mass is 240 g/mol. The third-order valence-corrected chi connectivity index (χ3v) is 3.96. The van der Waals surface area contributed by atoms with E-state index >= 15 is 0 Å². The van der Waals surface area contributed by atoms with Crippen molar-refractivity contribution in [1.29, 1.82) is 0 Å². The minimum Gasteiger partial charge on any atom is -0.456 e. The predicted molar refractivity (Wildman–Crippen MR) is 63.0 cm³/mol. The van der Waals surface area contributed by atoms with Gasteiger partial charge in [-0.2, -0.15) is 0 Å². The van der Waals surface area contributed by atoms with Crippen LogP contribution in [0.15, 0.2) is 5.16 Å². The molecule has 2 atom stereocenters. The van der Waals surface area contributed by atoms with E-state index in [1.807, 2.05) is 7.05 Å². The zero-order valence-electron chi connectivity index (χ0n) is 10.5. The smallest absolute Gasteiger partial charge is 0.224 e. The number of hydrogen-bond acceptors (Lipinski definition) is 5. The van der Waals surface area contributed by atoms with E-state index in [4.69, 9.17) is 9.94 Å². The van der Waals surface area contributed by atoms with E-state index in [9.17, 15) is 4.79 Å². The Kier molecular flexibility index (Phi) is 3.38. The first-order valence-electron chi connectivity index (χ1n) is 6.20. The number of oxime groups is 1. The zero-order chi connectivity index (χ0) is 12.5. The van der Waals surface area contributed by atoms with Crippen molar-refractivity contribution >= 4 is 11.7 Å². The average Bonchev–Trinajstić information content (AvgIpc) is 2.38. The number of nitrogens with zero attached hydrogens (tertiary/aromatic N) is 2. The fraction of sp³-hybridized carbons (Fsp3) is 0.833. The van der Waals surface area contributed by atoms with Crippen LogP contribution in [-0.4, -0.2) is 40.6 Å². The van der Waals surface area contributed by atoms with Gasteiger partial charge in [-0.05, 0) is 19.9 Å². The van der Waals surface area contributed by atoms with Gasteiger partial charge in [0.05, 0.1) is 6.42 Å². The summed E-state index contributed by atoms with van der Waals surface area (Å²) in [5.41, 5.74) is -0.590. The van der Waals surface area contributed by atoms with Crippen molar-refractivity contribution in [3.63, 3.8) is 0 Å². The van der Waals surface area contributed by atoms with Crippen LogP contribution < -0.4 is 0 Å². The number of rotatable bonds is 1. The van der Waals surface area contributed by atoms with Gasteiger partial charge in [0, 0.05) is 25.8 Å². The number of fused-ring (bicyclic) bond motifs is 2.